The molecule has 0 bridgehead atoms. The number of carboxylic acids is 1. The third-order valence-corrected chi connectivity index (χ3v) is 9.13. The molecule has 0 saturated carbocycles. The van der Waals surface area contributed by atoms with Gasteiger partial charge in [0, 0.05) is 18.6 Å². The highest BCUT2D eigenvalue weighted by atomic mass is 79.9. The lowest BCUT2D eigenvalue weighted by atomic mass is 10.0. The van der Waals surface area contributed by atoms with E-state index in [0.717, 1.165) is 9.35 Å². The van der Waals surface area contributed by atoms with Crippen molar-refractivity contribution >= 4 is 68.6 Å². The van der Waals surface area contributed by atoms with Crippen LogP contribution in [0.3, 0.4) is 0 Å². The second kappa shape index (κ2) is 8.56. The van der Waals surface area contributed by atoms with Crippen molar-refractivity contribution < 1.29 is 19.5 Å². The number of aryl methyl sites for hydroxylation is 3. The second-order valence-electron chi connectivity index (χ2n) is 6.87. The van der Waals surface area contributed by atoms with Crippen LogP contribution in [0.4, 0.5) is 0 Å². The number of hydrogen-bond acceptors (Lipinski definition) is 9. The number of fused-ring (bicyclic) bond motifs is 1. The number of halogens is 1. The van der Waals surface area contributed by atoms with Gasteiger partial charge in [0.25, 0.3) is 11.8 Å². The van der Waals surface area contributed by atoms with Crippen molar-refractivity contribution in [1.82, 2.24) is 30.2 Å². The van der Waals surface area contributed by atoms with Crippen LogP contribution in [0.25, 0.3) is 0 Å². The van der Waals surface area contributed by atoms with Gasteiger partial charge in [0.2, 0.25) is 0 Å². The molecule has 14 heteroatoms. The van der Waals surface area contributed by atoms with E-state index in [4.69, 9.17) is 0 Å². The van der Waals surface area contributed by atoms with E-state index < -0.39 is 29.2 Å². The van der Waals surface area contributed by atoms with Crippen molar-refractivity contribution in [3.05, 3.63) is 32.1 Å². The zero-order valence-electron chi connectivity index (χ0n) is 16.6. The van der Waals surface area contributed by atoms with Gasteiger partial charge in [0.15, 0.2) is 4.34 Å². The number of nitrogens with one attached hydrogen (secondary N) is 1. The third-order valence-electron chi connectivity index (χ3n) is 4.78. The minimum absolute atomic E-state index is 0.00876. The SMILES string of the molecule is Cc1nnc(SCC2=C(C(=O)O)N3C(=O)[C@@H](NC(=O)c4c(Br)c(C)nn4C)[C@@H]3SC2)s1. The zero-order chi connectivity index (χ0) is 22.4. The Hall–Kier alpha value is -1.90. The van der Waals surface area contributed by atoms with Gasteiger partial charge in [-0.05, 0) is 35.4 Å². The van der Waals surface area contributed by atoms with Crippen LogP contribution in [0.1, 0.15) is 21.2 Å². The average molecular weight is 545 g/mol. The summed E-state index contributed by atoms with van der Waals surface area (Å²) in [5.41, 5.74) is 1.60. The molecule has 2 aliphatic rings. The molecule has 2 aromatic heterocycles. The van der Waals surface area contributed by atoms with E-state index in [9.17, 15) is 19.5 Å². The monoisotopic (exact) mass is 544 g/mol. The highest BCUT2D eigenvalue weighted by molar-refractivity contribution is 9.10. The molecule has 2 N–H and O–H groups in total. The minimum atomic E-state index is -1.16. The van der Waals surface area contributed by atoms with Crippen LogP contribution in [-0.2, 0) is 16.6 Å². The number of rotatable bonds is 6. The lowest BCUT2D eigenvalue weighted by Gasteiger charge is -2.49. The Bertz CT molecular complexity index is 1130. The molecule has 1 fully saturated rings. The van der Waals surface area contributed by atoms with Crippen molar-refractivity contribution in [2.45, 2.75) is 29.6 Å². The molecule has 4 heterocycles. The molecule has 0 aromatic carbocycles. The summed E-state index contributed by atoms with van der Waals surface area (Å²) in [5, 5.41) is 25.1. The Morgan fingerprint density at radius 2 is 2.10 bits per heavy atom. The third kappa shape index (κ3) is 4.01. The topological polar surface area (TPSA) is 130 Å². The molecule has 0 aliphatic carbocycles. The zero-order valence-corrected chi connectivity index (χ0v) is 20.6. The molecule has 0 spiro atoms. The van der Waals surface area contributed by atoms with Gasteiger partial charge < -0.3 is 10.4 Å². The van der Waals surface area contributed by atoms with E-state index in [-0.39, 0.29) is 5.70 Å². The standard InChI is InChI=1S/C17H17BrN6O4S3/c1-6-9(18)12(23(3)22-6)13(25)19-10-14(26)24-11(16(27)28)8(4-29-15(10)24)5-30-17-21-20-7(2)31-17/h10,15H,4-5H2,1-3H3,(H,19,25)(H,27,28)/t10-,15+/m1/s1. The minimum Gasteiger partial charge on any atom is -0.477 e. The predicted octanol–water partition coefficient (Wildman–Crippen LogP) is 1.80. The van der Waals surface area contributed by atoms with Crippen LogP contribution >= 0.6 is 50.8 Å². The number of hydrogen-bond donors (Lipinski definition) is 2. The summed E-state index contributed by atoms with van der Waals surface area (Å²) in [6, 6.07) is -0.797. The fourth-order valence-corrected chi connectivity index (χ4v) is 7.19. The Balaban J connectivity index is 1.50. The number of thioether (sulfide) groups is 2. The number of carbonyl (C=O) groups is 3. The van der Waals surface area contributed by atoms with Gasteiger partial charge >= 0.3 is 5.97 Å². The fourth-order valence-electron chi connectivity index (χ4n) is 3.37. The second-order valence-corrected chi connectivity index (χ2v) is 11.2. The van der Waals surface area contributed by atoms with Crippen molar-refractivity contribution in [3.63, 3.8) is 0 Å². The summed E-state index contributed by atoms with van der Waals surface area (Å²) >= 11 is 7.62. The number of carboxylic acid groups (broad SMARTS) is 1. The summed E-state index contributed by atoms with van der Waals surface area (Å²) in [5.74, 6) is -1.19. The molecular formula is C17H17BrN6O4S3. The molecule has 2 aromatic rings. The van der Waals surface area contributed by atoms with Crippen LogP contribution in [0.5, 0.6) is 0 Å². The van der Waals surface area contributed by atoms with Crippen LogP contribution in [0.15, 0.2) is 20.1 Å². The first-order chi connectivity index (χ1) is 14.7. The van der Waals surface area contributed by atoms with Gasteiger partial charge in [-0.1, -0.05) is 23.1 Å². The van der Waals surface area contributed by atoms with Gasteiger partial charge in [-0.15, -0.1) is 22.0 Å². The van der Waals surface area contributed by atoms with Crippen molar-refractivity contribution in [2.75, 3.05) is 11.5 Å². The first-order valence-electron chi connectivity index (χ1n) is 9.02. The molecule has 10 nitrogen and oxygen atoms in total. The highest BCUT2D eigenvalue weighted by Crippen LogP contribution is 2.42. The van der Waals surface area contributed by atoms with Crippen LogP contribution in [0.2, 0.25) is 0 Å². The van der Waals surface area contributed by atoms with Gasteiger partial charge in [-0.2, -0.15) is 5.10 Å². The first-order valence-corrected chi connectivity index (χ1v) is 12.7. The molecule has 0 unspecified atom stereocenters. The Morgan fingerprint density at radius 1 is 1.35 bits per heavy atom. The quantitative estimate of drug-likeness (QED) is 0.412. The summed E-state index contributed by atoms with van der Waals surface area (Å²) in [6.07, 6.45) is 0. The maximum absolute atomic E-state index is 12.8. The van der Waals surface area contributed by atoms with Gasteiger partial charge in [0.1, 0.15) is 27.8 Å². The first kappa shape index (κ1) is 22.3. The lowest BCUT2D eigenvalue weighted by Crippen LogP contribution is -2.70. The highest BCUT2D eigenvalue weighted by Gasteiger charge is 2.54. The summed E-state index contributed by atoms with van der Waals surface area (Å²) < 4.78 is 2.75. The maximum atomic E-state index is 12.8. The largest absolute Gasteiger partial charge is 0.477 e. The molecule has 1 saturated heterocycles. The molecular weight excluding hydrogens is 528 g/mol. The van der Waals surface area contributed by atoms with E-state index >= 15 is 0 Å². The molecule has 2 aliphatic heterocycles. The Kier molecular flexibility index (Phi) is 6.16. The van der Waals surface area contributed by atoms with E-state index in [1.807, 2.05) is 6.92 Å². The summed E-state index contributed by atoms with van der Waals surface area (Å²) in [4.78, 5) is 38.8. The van der Waals surface area contributed by atoms with Crippen molar-refractivity contribution in [3.8, 4) is 0 Å². The number of amides is 2. The predicted molar refractivity (Wildman–Crippen MR) is 120 cm³/mol. The maximum Gasteiger partial charge on any atom is 0.352 e. The Morgan fingerprint density at radius 3 is 2.68 bits per heavy atom. The van der Waals surface area contributed by atoms with E-state index in [1.54, 1.807) is 14.0 Å². The normalized spacial score (nSPS) is 20.5. The smallest absolute Gasteiger partial charge is 0.352 e. The number of nitrogens with zero attached hydrogens (tertiary/aromatic N) is 5. The molecule has 4 rings (SSSR count). The van der Waals surface area contributed by atoms with Gasteiger partial charge in [-0.3, -0.25) is 19.2 Å². The lowest BCUT2D eigenvalue weighted by molar-refractivity contribution is -0.148. The Labute approximate surface area is 198 Å². The summed E-state index contributed by atoms with van der Waals surface area (Å²) in [6.45, 7) is 3.61. The van der Waals surface area contributed by atoms with E-state index in [0.29, 0.717) is 32.9 Å². The summed E-state index contributed by atoms with van der Waals surface area (Å²) in [7, 11) is 1.64. The van der Waals surface area contributed by atoms with Crippen LogP contribution < -0.4 is 5.32 Å². The number of aliphatic carboxylic acids is 1. The number of β-lactam (4-membered cyclic amide) rings is 1. The molecule has 2 amide bonds. The van der Waals surface area contributed by atoms with E-state index in [2.05, 4.69) is 36.5 Å². The molecule has 164 valence electrons. The molecule has 2 atom stereocenters. The van der Waals surface area contributed by atoms with Crippen molar-refractivity contribution in [2.24, 2.45) is 7.05 Å². The molecule has 0 radical (unpaired) electrons. The van der Waals surface area contributed by atoms with E-state index in [1.165, 1.54) is 44.4 Å². The van der Waals surface area contributed by atoms with Crippen LogP contribution in [-0.4, -0.2) is 70.7 Å². The number of aromatic nitrogens is 4. The van der Waals surface area contributed by atoms with Gasteiger partial charge in [0.05, 0.1) is 10.2 Å². The average Bonchev–Trinajstić information content (AvgIpc) is 3.25. The fraction of sp³-hybridized carbons (Fsp3) is 0.412. The molecule has 31 heavy (non-hydrogen) atoms. The van der Waals surface area contributed by atoms with Crippen LogP contribution in [0, 0.1) is 13.8 Å². The number of carbonyl (C=O) groups excluding carboxylic acids is 2. The van der Waals surface area contributed by atoms with Crippen molar-refractivity contribution in [1.29, 1.82) is 0 Å². The van der Waals surface area contributed by atoms with Gasteiger partial charge in [-0.25, -0.2) is 4.79 Å².